The average Bonchev–Trinajstić information content (AvgIpc) is 3.05. The summed E-state index contributed by atoms with van der Waals surface area (Å²) >= 11 is 0. The van der Waals surface area contributed by atoms with E-state index >= 15 is 4.39 Å². The van der Waals surface area contributed by atoms with Crippen LogP contribution in [0.4, 0.5) is 9.18 Å². The number of aryl methyl sites for hydroxylation is 1. The van der Waals surface area contributed by atoms with Crippen molar-refractivity contribution in [3.8, 4) is 11.1 Å². The van der Waals surface area contributed by atoms with Crippen LogP contribution in [-0.4, -0.2) is 29.9 Å². The van der Waals surface area contributed by atoms with Gasteiger partial charge in [0.05, 0.1) is 18.4 Å². The zero-order chi connectivity index (χ0) is 22.1. The first-order chi connectivity index (χ1) is 14.1. The maximum atomic E-state index is 15.3. The fourth-order valence-corrected chi connectivity index (χ4v) is 3.00. The first-order valence-electron chi connectivity index (χ1n) is 9.33. The Bertz CT molecular complexity index is 1110. The van der Waals surface area contributed by atoms with Gasteiger partial charge in [-0.25, -0.2) is 14.0 Å². The molecule has 0 spiro atoms. The number of methoxy groups -OCH3 is 1. The third-order valence-electron chi connectivity index (χ3n) is 4.36. The topological polar surface area (TPSA) is 90.7 Å². The van der Waals surface area contributed by atoms with E-state index in [4.69, 9.17) is 14.0 Å². The van der Waals surface area contributed by atoms with Gasteiger partial charge in [-0.05, 0) is 39.8 Å². The molecule has 8 heteroatoms. The molecule has 0 radical (unpaired) electrons. The molecule has 1 aromatic heterocycles. The number of esters is 1. The number of alkyl carbamates (subject to hydrolysis) is 1. The zero-order valence-electron chi connectivity index (χ0n) is 17.5. The molecular weight excluding hydrogens is 391 g/mol. The molecular formula is C22H23FN2O5. The van der Waals surface area contributed by atoms with Crippen molar-refractivity contribution >= 4 is 23.0 Å². The number of nitrogens with one attached hydrogen (secondary N) is 1. The van der Waals surface area contributed by atoms with Gasteiger partial charge in [0.25, 0.3) is 0 Å². The van der Waals surface area contributed by atoms with Crippen LogP contribution >= 0.6 is 0 Å². The van der Waals surface area contributed by atoms with Crippen molar-refractivity contribution in [2.24, 2.45) is 0 Å². The normalized spacial score (nSPS) is 11.4. The molecule has 2 aromatic carbocycles. The molecule has 0 saturated carbocycles. The summed E-state index contributed by atoms with van der Waals surface area (Å²) in [4.78, 5) is 24.0. The molecule has 0 saturated heterocycles. The number of ether oxygens (including phenoxy) is 2. The second-order valence-electron chi connectivity index (χ2n) is 7.79. The summed E-state index contributed by atoms with van der Waals surface area (Å²) in [6, 6.07) is 7.89. The van der Waals surface area contributed by atoms with E-state index < -0.39 is 23.5 Å². The summed E-state index contributed by atoms with van der Waals surface area (Å²) in [6.45, 7) is 6.89. The highest BCUT2D eigenvalue weighted by Gasteiger charge is 2.21. The quantitative estimate of drug-likeness (QED) is 0.620. The van der Waals surface area contributed by atoms with Crippen LogP contribution in [0, 0.1) is 12.7 Å². The number of nitrogens with zero attached hydrogens (tertiary/aromatic N) is 1. The number of benzene rings is 2. The van der Waals surface area contributed by atoms with E-state index in [1.807, 2.05) is 0 Å². The fourth-order valence-electron chi connectivity index (χ4n) is 3.00. The molecule has 0 unspecified atom stereocenters. The summed E-state index contributed by atoms with van der Waals surface area (Å²) in [5, 5.41) is 7.06. The van der Waals surface area contributed by atoms with Crippen LogP contribution in [0.2, 0.25) is 0 Å². The first kappa shape index (κ1) is 21.3. The van der Waals surface area contributed by atoms with Crippen molar-refractivity contribution in [2.75, 3.05) is 7.11 Å². The van der Waals surface area contributed by atoms with Crippen LogP contribution in [0.5, 0.6) is 0 Å². The number of carbonyl (C=O) groups is 2. The second-order valence-corrected chi connectivity index (χ2v) is 7.79. The molecule has 3 rings (SSSR count). The molecule has 0 aliphatic heterocycles. The summed E-state index contributed by atoms with van der Waals surface area (Å²) in [6.07, 6.45) is -0.645. The Kier molecular flexibility index (Phi) is 5.78. The SMILES string of the molecule is COC(=O)c1cc(-c2cccc(CNC(=O)OC(C)(C)C)c2F)c2onc(C)c2c1. The largest absolute Gasteiger partial charge is 0.465 e. The van der Waals surface area contributed by atoms with Crippen LogP contribution in [0.1, 0.15) is 42.4 Å². The third kappa shape index (κ3) is 4.42. The predicted octanol–water partition coefficient (Wildman–Crippen LogP) is 4.75. The second kappa shape index (κ2) is 8.14. The summed E-state index contributed by atoms with van der Waals surface area (Å²) in [7, 11) is 1.27. The van der Waals surface area contributed by atoms with Gasteiger partial charge < -0.3 is 19.3 Å². The Balaban J connectivity index is 2.01. The lowest BCUT2D eigenvalue weighted by Gasteiger charge is -2.20. The minimum atomic E-state index is -0.658. The van der Waals surface area contributed by atoms with Crippen molar-refractivity contribution < 1.29 is 28.0 Å². The predicted molar refractivity (Wildman–Crippen MR) is 109 cm³/mol. The Morgan fingerprint density at radius 1 is 1.20 bits per heavy atom. The molecule has 0 aliphatic rings. The summed E-state index contributed by atoms with van der Waals surface area (Å²) in [5.41, 5.74) is 1.36. The zero-order valence-corrected chi connectivity index (χ0v) is 17.5. The van der Waals surface area contributed by atoms with Gasteiger partial charge in [0.2, 0.25) is 0 Å². The number of fused-ring (bicyclic) bond motifs is 1. The minimum absolute atomic E-state index is 0.0656. The van der Waals surface area contributed by atoms with Gasteiger partial charge in [-0.2, -0.15) is 0 Å². The molecule has 158 valence electrons. The Hall–Kier alpha value is -3.42. The average molecular weight is 414 g/mol. The highest BCUT2D eigenvalue weighted by Crippen LogP contribution is 2.34. The fraction of sp³-hybridized carbons (Fsp3) is 0.318. The van der Waals surface area contributed by atoms with E-state index in [1.54, 1.807) is 52.0 Å². The lowest BCUT2D eigenvalue weighted by atomic mass is 9.97. The molecule has 0 atom stereocenters. The van der Waals surface area contributed by atoms with Gasteiger partial charge in [0.1, 0.15) is 11.4 Å². The van der Waals surface area contributed by atoms with Gasteiger partial charge in [-0.15, -0.1) is 0 Å². The van der Waals surface area contributed by atoms with E-state index in [1.165, 1.54) is 13.2 Å². The minimum Gasteiger partial charge on any atom is -0.465 e. The summed E-state index contributed by atoms with van der Waals surface area (Å²) in [5.74, 6) is -1.10. The van der Waals surface area contributed by atoms with Crippen LogP contribution < -0.4 is 5.32 Å². The van der Waals surface area contributed by atoms with Crippen molar-refractivity contribution in [1.82, 2.24) is 10.5 Å². The molecule has 30 heavy (non-hydrogen) atoms. The lowest BCUT2D eigenvalue weighted by Crippen LogP contribution is -2.32. The van der Waals surface area contributed by atoms with E-state index in [0.717, 1.165) is 0 Å². The molecule has 0 fully saturated rings. The van der Waals surface area contributed by atoms with E-state index in [0.29, 0.717) is 22.2 Å². The molecule has 1 amide bonds. The van der Waals surface area contributed by atoms with Crippen LogP contribution in [0.3, 0.4) is 0 Å². The van der Waals surface area contributed by atoms with Gasteiger partial charge in [-0.3, -0.25) is 0 Å². The number of carbonyl (C=O) groups excluding carboxylic acids is 2. The maximum Gasteiger partial charge on any atom is 0.407 e. The smallest absolute Gasteiger partial charge is 0.407 e. The summed E-state index contributed by atoms with van der Waals surface area (Å²) < 4.78 is 30.7. The molecule has 0 aliphatic carbocycles. The van der Waals surface area contributed by atoms with Gasteiger partial charge >= 0.3 is 12.1 Å². The molecule has 1 heterocycles. The van der Waals surface area contributed by atoms with E-state index in [2.05, 4.69) is 10.5 Å². The van der Waals surface area contributed by atoms with Crippen molar-refractivity contribution in [1.29, 1.82) is 0 Å². The van der Waals surface area contributed by atoms with E-state index in [9.17, 15) is 9.59 Å². The maximum absolute atomic E-state index is 15.3. The standard InChI is InChI=1S/C22H23FN2O5/c1-12-16-9-14(20(26)28-5)10-17(19(16)30-25-12)15-8-6-7-13(18(15)23)11-24-21(27)29-22(2,3)4/h6-10H,11H2,1-5H3,(H,24,27). The number of amides is 1. The Morgan fingerprint density at radius 2 is 1.93 bits per heavy atom. The monoisotopic (exact) mass is 414 g/mol. The molecule has 7 nitrogen and oxygen atoms in total. The number of rotatable bonds is 4. The van der Waals surface area contributed by atoms with E-state index in [-0.39, 0.29) is 23.2 Å². The van der Waals surface area contributed by atoms with Crippen molar-refractivity contribution in [2.45, 2.75) is 39.8 Å². The number of aromatic nitrogens is 1. The molecule has 0 bridgehead atoms. The lowest BCUT2D eigenvalue weighted by molar-refractivity contribution is 0.0522. The molecule has 3 aromatic rings. The van der Waals surface area contributed by atoms with Crippen LogP contribution in [0.15, 0.2) is 34.9 Å². The highest BCUT2D eigenvalue weighted by atomic mass is 19.1. The Labute approximate surface area is 173 Å². The van der Waals surface area contributed by atoms with Crippen molar-refractivity contribution in [3.05, 3.63) is 53.0 Å². The first-order valence-corrected chi connectivity index (χ1v) is 9.33. The molecule has 1 N–H and O–H groups in total. The number of hydrogen-bond donors (Lipinski definition) is 1. The highest BCUT2D eigenvalue weighted by molar-refractivity contribution is 6.01. The third-order valence-corrected chi connectivity index (χ3v) is 4.36. The van der Waals surface area contributed by atoms with Crippen LogP contribution in [0.25, 0.3) is 22.1 Å². The van der Waals surface area contributed by atoms with Gasteiger partial charge in [0.15, 0.2) is 5.58 Å². The number of hydrogen-bond acceptors (Lipinski definition) is 6. The van der Waals surface area contributed by atoms with Crippen LogP contribution in [-0.2, 0) is 16.0 Å². The van der Waals surface area contributed by atoms with Gasteiger partial charge in [0, 0.05) is 28.6 Å². The van der Waals surface area contributed by atoms with Crippen molar-refractivity contribution in [3.63, 3.8) is 0 Å². The Morgan fingerprint density at radius 3 is 2.60 bits per heavy atom. The van der Waals surface area contributed by atoms with Gasteiger partial charge in [-0.1, -0.05) is 23.4 Å². The number of halogens is 1.